The Morgan fingerprint density at radius 1 is 1.12 bits per heavy atom. The van der Waals surface area contributed by atoms with E-state index in [4.69, 9.17) is 4.74 Å². The minimum absolute atomic E-state index is 0.125. The molecule has 0 saturated carbocycles. The van der Waals surface area contributed by atoms with Gasteiger partial charge in [0.15, 0.2) is 0 Å². The first-order chi connectivity index (χ1) is 11.7. The van der Waals surface area contributed by atoms with Crippen molar-refractivity contribution < 1.29 is 9.53 Å². The van der Waals surface area contributed by atoms with Crippen LogP contribution in [-0.2, 0) is 0 Å². The van der Waals surface area contributed by atoms with Crippen LogP contribution in [0.25, 0.3) is 5.69 Å². The summed E-state index contributed by atoms with van der Waals surface area (Å²) in [4.78, 5) is 12.1. The van der Waals surface area contributed by atoms with Crippen LogP contribution in [0.4, 0.5) is 0 Å². The number of para-hydroxylation sites is 1. The van der Waals surface area contributed by atoms with Crippen molar-refractivity contribution in [1.29, 1.82) is 0 Å². The second-order valence-corrected chi connectivity index (χ2v) is 5.98. The van der Waals surface area contributed by atoms with Crippen molar-refractivity contribution in [3.8, 4) is 11.4 Å². The molecule has 122 valence electrons. The summed E-state index contributed by atoms with van der Waals surface area (Å²) in [5.74, 6) is 0.668. The van der Waals surface area contributed by atoms with Crippen molar-refractivity contribution >= 4 is 21.8 Å². The molecule has 0 aliphatic carbocycles. The lowest BCUT2D eigenvalue weighted by molar-refractivity contribution is 0.0947. The molecule has 6 heteroatoms. The molecule has 0 fully saturated rings. The number of carbonyl (C=O) groups is 1. The fourth-order valence-corrected chi connectivity index (χ4v) is 2.45. The number of amides is 1. The first kappa shape index (κ1) is 16.3. The number of ether oxygens (including phenoxy) is 1. The highest BCUT2D eigenvalue weighted by Crippen LogP contribution is 2.13. The summed E-state index contributed by atoms with van der Waals surface area (Å²) in [5, 5.41) is 7.04. The van der Waals surface area contributed by atoms with Crippen LogP contribution in [0.2, 0.25) is 0 Å². The molecule has 1 aromatic heterocycles. The van der Waals surface area contributed by atoms with Crippen LogP contribution in [0.15, 0.2) is 71.5 Å². The second kappa shape index (κ2) is 7.79. The van der Waals surface area contributed by atoms with Gasteiger partial charge in [-0.1, -0.05) is 18.2 Å². The Labute approximate surface area is 148 Å². The van der Waals surface area contributed by atoms with Crippen molar-refractivity contribution in [2.75, 3.05) is 13.2 Å². The lowest BCUT2D eigenvalue weighted by Gasteiger charge is -2.08. The highest BCUT2D eigenvalue weighted by Gasteiger charge is 2.06. The van der Waals surface area contributed by atoms with Crippen molar-refractivity contribution in [3.05, 3.63) is 77.0 Å². The Morgan fingerprint density at radius 3 is 2.54 bits per heavy atom. The summed E-state index contributed by atoms with van der Waals surface area (Å²) in [6.45, 7) is 0.872. The number of benzene rings is 2. The zero-order valence-electron chi connectivity index (χ0n) is 12.9. The molecule has 0 spiro atoms. The van der Waals surface area contributed by atoms with Crippen molar-refractivity contribution in [2.45, 2.75) is 0 Å². The van der Waals surface area contributed by atoms with Crippen LogP contribution < -0.4 is 10.1 Å². The average Bonchev–Trinajstić information content (AvgIpc) is 3.06. The van der Waals surface area contributed by atoms with Gasteiger partial charge in [0.25, 0.3) is 5.91 Å². The smallest absolute Gasteiger partial charge is 0.251 e. The lowest BCUT2D eigenvalue weighted by atomic mass is 10.2. The molecule has 1 amide bonds. The van der Waals surface area contributed by atoms with Crippen LogP contribution >= 0.6 is 15.9 Å². The summed E-state index contributed by atoms with van der Waals surface area (Å²) in [6, 6.07) is 16.8. The number of hydrogen-bond acceptors (Lipinski definition) is 3. The predicted molar refractivity (Wildman–Crippen MR) is 95.5 cm³/mol. The Bertz CT molecular complexity index is 801. The van der Waals surface area contributed by atoms with E-state index in [9.17, 15) is 4.79 Å². The molecule has 2 aromatic carbocycles. The van der Waals surface area contributed by atoms with Crippen LogP contribution in [0.1, 0.15) is 10.4 Å². The van der Waals surface area contributed by atoms with Crippen LogP contribution in [0, 0.1) is 0 Å². The SMILES string of the molecule is O=C(NCCOc1ccccc1)c1ccc(-n2cc(Br)cn2)cc1. The number of rotatable bonds is 6. The van der Waals surface area contributed by atoms with Gasteiger partial charge in [0.2, 0.25) is 0 Å². The van der Waals surface area contributed by atoms with Gasteiger partial charge in [0, 0.05) is 11.8 Å². The quantitative estimate of drug-likeness (QED) is 0.661. The van der Waals surface area contributed by atoms with E-state index >= 15 is 0 Å². The molecule has 0 bridgehead atoms. The Kier molecular flexibility index (Phi) is 5.28. The highest BCUT2D eigenvalue weighted by atomic mass is 79.9. The summed E-state index contributed by atoms with van der Waals surface area (Å²) in [5.41, 5.74) is 1.49. The molecule has 1 heterocycles. The molecular weight excluding hydrogens is 370 g/mol. The number of aromatic nitrogens is 2. The van der Waals surface area contributed by atoms with Gasteiger partial charge in [-0.25, -0.2) is 4.68 Å². The summed E-state index contributed by atoms with van der Waals surface area (Å²) in [7, 11) is 0. The zero-order chi connectivity index (χ0) is 16.8. The molecule has 24 heavy (non-hydrogen) atoms. The van der Waals surface area contributed by atoms with E-state index in [1.54, 1.807) is 23.0 Å². The van der Waals surface area contributed by atoms with Gasteiger partial charge in [0.1, 0.15) is 12.4 Å². The molecule has 0 aliphatic heterocycles. The Balaban J connectivity index is 1.50. The first-order valence-corrected chi connectivity index (χ1v) is 8.28. The molecule has 5 nitrogen and oxygen atoms in total. The van der Waals surface area contributed by atoms with E-state index in [0.717, 1.165) is 15.9 Å². The number of nitrogens with one attached hydrogen (secondary N) is 1. The Hall–Kier alpha value is -2.60. The normalized spacial score (nSPS) is 10.4. The van der Waals surface area contributed by atoms with E-state index in [0.29, 0.717) is 18.7 Å². The average molecular weight is 386 g/mol. The molecule has 0 unspecified atom stereocenters. The van der Waals surface area contributed by atoms with Gasteiger partial charge in [-0.2, -0.15) is 5.10 Å². The van der Waals surface area contributed by atoms with Crippen LogP contribution in [0.3, 0.4) is 0 Å². The van der Waals surface area contributed by atoms with Crippen molar-refractivity contribution in [1.82, 2.24) is 15.1 Å². The van der Waals surface area contributed by atoms with Gasteiger partial charge >= 0.3 is 0 Å². The molecule has 0 radical (unpaired) electrons. The number of hydrogen-bond donors (Lipinski definition) is 1. The maximum absolute atomic E-state index is 12.1. The fourth-order valence-electron chi connectivity index (χ4n) is 2.16. The molecule has 3 aromatic rings. The van der Waals surface area contributed by atoms with E-state index in [1.807, 2.05) is 48.7 Å². The lowest BCUT2D eigenvalue weighted by Crippen LogP contribution is -2.28. The minimum Gasteiger partial charge on any atom is -0.492 e. The van der Waals surface area contributed by atoms with Gasteiger partial charge in [-0.15, -0.1) is 0 Å². The van der Waals surface area contributed by atoms with E-state index < -0.39 is 0 Å². The summed E-state index contributed by atoms with van der Waals surface area (Å²) in [6.07, 6.45) is 3.57. The monoisotopic (exact) mass is 385 g/mol. The maximum Gasteiger partial charge on any atom is 0.251 e. The summed E-state index contributed by atoms with van der Waals surface area (Å²) >= 11 is 3.36. The first-order valence-electron chi connectivity index (χ1n) is 7.49. The third kappa shape index (κ3) is 4.23. The van der Waals surface area contributed by atoms with E-state index in [2.05, 4.69) is 26.3 Å². The number of halogens is 1. The molecular formula is C18H16BrN3O2. The molecule has 0 aliphatic rings. The molecule has 1 N–H and O–H groups in total. The number of carbonyl (C=O) groups excluding carboxylic acids is 1. The third-order valence-corrected chi connectivity index (χ3v) is 3.75. The van der Waals surface area contributed by atoms with Gasteiger partial charge in [-0.3, -0.25) is 4.79 Å². The van der Waals surface area contributed by atoms with E-state index in [-0.39, 0.29) is 5.91 Å². The van der Waals surface area contributed by atoms with E-state index in [1.165, 1.54) is 0 Å². The van der Waals surface area contributed by atoms with Crippen molar-refractivity contribution in [2.24, 2.45) is 0 Å². The predicted octanol–water partition coefficient (Wildman–Crippen LogP) is 3.44. The standard InChI is InChI=1S/C18H16BrN3O2/c19-15-12-21-22(13-15)16-8-6-14(7-9-16)18(23)20-10-11-24-17-4-2-1-3-5-17/h1-9,12-13H,10-11H2,(H,20,23). The van der Waals surface area contributed by atoms with Crippen LogP contribution in [0.5, 0.6) is 5.75 Å². The Morgan fingerprint density at radius 2 is 1.88 bits per heavy atom. The van der Waals surface area contributed by atoms with Gasteiger partial charge < -0.3 is 10.1 Å². The molecule has 3 rings (SSSR count). The number of nitrogens with zero attached hydrogens (tertiary/aromatic N) is 2. The largest absolute Gasteiger partial charge is 0.492 e. The summed E-state index contributed by atoms with van der Waals surface area (Å²) < 4.78 is 8.18. The topological polar surface area (TPSA) is 56.1 Å². The molecule has 0 saturated heterocycles. The van der Waals surface area contributed by atoms with Crippen LogP contribution in [-0.4, -0.2) is 28.8 Å². The minimum atomic E-state index is -0.125. The van der Waals surface area contributed by atoms with Gasteiger partial charge in [0.05, 0.1) is 22.9 Å². The maximum atomic E-state index is 12.1. The molecule has 0 atom stereocenters. The highest BCUT2D eigenvalue weighted by molar-refractivity contribution is 9.10. The van der Waals surface area contributed by atoms with Gasteiger partial charge in [-0.05, 0) is 52.3 Å². The zero-order valence-corrected chi connectivity index (χ0v) is 14.4. The fraction of sp³-hybridized carbons (Fsp3) is 0.111. The second-order valence-electron chi connectivity index (χ2n) is 5.07. The van der Waals surface area contributed by atoms with Crippen molar-refractivity contribution in [3.63, 3.8) is 0 Å². The third-order valence-electron chi connectivity index (χ3n) is 3.34.